The Labute approximate surface area is 157 Å². The molecule has 2 heterocycles. The number of aryl methyl sites for hydroxylation is 1. The summed E-state index contributed by atoms with van der Waals surface area (Å²) in [6, 6.07) is 5.43. The summed E-state index contributed by atoms with van der Waals surface area (Å²) in [5.41, 5.74) is 2.20. The molecule has 0 bridgehead atoms. The molecule has 0 aliphatic carbocycles. The highest BCUT2D eigenvalue weighted by molar-refractivity contribution is 6.33. The number of alkyl halides is 3. The molecule has 0 amide bonds. The predicted molar refractivity (Wildman–Crippen MR) is 96.4 cm³/mol. The lowest BCUT2D eigenvalue weighted by molar-refractivity contribution is -0.274. The van der Waals surface area contributed by atoms with E-state index in [0.717, 1.165) is 23.4 Å². The Hall–Kier alpha value is -2.48. The van der Waals surface area contributed by atoms with Gasteiger partial charge in [0.1, 0.15) is 11.3 Å². The second-order valence-corrected chi connectivity index (χ2v) is 6.94. The summed E-state index contributed by atoms with van der Waals surface area (Å²) in [5, 5.41) is 4.50. The maximum atomic E-state index is 12.9. The van der Waals surface area contributed by atoms with E-state index in [9.17, 15) is 18.0 Å². The summed E-state index contributed by atoms with van der Waals surface area (Å²) in [4.78, 5) is 12.9. The van der Waals surface area contributed by atoms with Crippen molar-refractivity contribution in [2.45, 2.75) is 33.1 Å². The molecule has 0 aliphatic heterocycles. The summed E-state index contributed by atoms with van der Waals surface area (Å²) in [6.45, 7) is 5.80. The first-order valence-electron chi connectivity index (χ1n) is 8.14. The van der Waals surface area contributed by atoms with Crippen molar-refractivity contribution in [3.63, 3.8) is 0 Å². The molecule has 0 spiro atoms. The highest BCUT2D eigenvalue weighted by Crippen LogP contribution is 2.32. The van der Waals surface area contributed by atoms with Gasteiger partial charge in [0.15, 0.2) is 5.82 Å². The molecule has 3 rings (SSSR count). The van der Waals surface area contributed by atoms with Gasteiger partial charge < -0.3 is 4.74 Å². The van der Waals surface area contributed by atoms with Crippen LogP contribution in [-0.2, 0) is 7.05 Å². The molecular weight excluding hydrogens is 383 g/mol. The van der Waals surface area contributed by atoms with Crippen LogP contribution in [-0.4, -0.2) is 20.5 Å². The fourth-order valence-electron chi connectivity index (χ4n) is 2.96. The van der Waals surface area contributed by atoms with Gasteiger partial charge in [0, 0.05) is 18.3 Å². The second kappa shape index (κ2) is 6.60. The lowest BCUT2D eigenvalue weighted by Gasteiger charge is -2.13. The molecule has 0 saturated heterocycles. The summed E-state index contributed by atoms with van der Waals surface area (Å²) < 4.78 is 43.9. The van der Waals surface area contributed by atoms with E-state index in [4.69, 9.17) is 11.6 Å². The maximum absolute atomic E-state index is 12.9. The van der Waals surface area contributed by atoms with Crippen molar-refractivity contribution in [2.75, 3.05) is 0 Å². The molecule has 3 aromatic rings. The lowest BCUT2D eigenvalue weighted by atomic mass is 10.1. The number of fused-ring (bicyclic) bond motifs is 1. The Kier molecular flexibility index (Phi) is 4.71. The fourth-order valence-corrected chi connectivity index (χ4v) is 3.22. The standard InChI is InChI=1S/C18H17ClF3N3O2/c1-9(2)13-7-10(3)25-15(13)17(26)24(4)16(23-25)12-6-5-11(8-14(12)19)27-18(20,21)22/h5-9H,1-4H3. The average molecular weight is 400 g/mol. The molecule has 0 radical (unpaired) electrons. The number of hydrogen-bond acceptors (Lipinski definition) is 3. The van der Waals surface area contributed by atoms with Crippen LogP contribution in [0.4, 0.5) is 13.2 Å². The van der Waals surface area contributed by atoms with E-state index < -0.39 is 12.1 Å². The minimum atomic E-state index is -4.82. The molecule has 0 atom stereocenters. The molecule has 5 nitrogen and oxygen atoms in total. The number of ether oxygens (including phenoxy) is 1. The fraction of sp³-hybridized carbons (Fsp3) is 0.333. The maximum Gasteiger partial charge on any atom is 0.573 e. The number of nitrogens with zero attached hydrogens (tertiary/aromatic N) is 3. The third-order valence-corrected chi connectivity index (χ3v) is 4.55. The largest absolute Gasteiger partial charge is 0.573 e. The smallest absolute Gasteiger partial charge is 0.406 e. The summed E-state index contributed by atoms with van der Waals surface area (Å²) in [7, 11) is 1.55. The number of hydrogen-bond donors (Lipinski definition) is 0. The molecule has 0 fully saturated rings. The van der Waals surface area contributed by atoms with Crippen LogP contribution in [0.25, 0.3) is 16.9 Å². The molecular formula is C18H17ClF3N3O2. The van der Waals surface area contributed by atoms with Gasteiger partial charge in [-0.05, 0) is 42.7 Å². The Balaban J connectivity index is 2.20. The van der Waals surface area contributed by atoms with Gasteiger partial charge in [0.05, 0.1) is 5.02 Å². The zero-order valence-corrected chi connectivity index (χ0v) is 15.8. The number of benzene rings is 1. The highest BCUT2D eigenvalue weighted by Gasteiger charge is 2.31. The molecule has 144 valence electrons. The summed E-state index contributed by atoms with van der Waals surface area (Å²) in [5.74, 6) is -0.0666. The van der Waals surface area contributed by atoms with Gasteiger partial charge in [-0.15, -0.1) is 18.3 Å². The molecule has 27 heavy (non-hydrogen) atoms. The van der Waals surface area contributed by atoms with Gasteiger partial charge in [-0.1, -0.05) is 25.4 Å². The highest BCUT2D eigenvalue weighted by atomic mass is 35.5. The van der Waals surface area contributed by atoms with Crippen LogP contribution in [0.3, 0.4) is 0 Å². The van der Waals surface area contributed by atoms with Crippen LogP contribution >= 0.6 is 11.6 Å². The monoisotopic (exact) mass is 399 g/mol. The van der Waals surface area contributed by atoms with Gasteiger partial charge in [0.2, 0.25) is 0 Å². The normalized spacial score (nSPS) is 12.2. The minimum absolute atomic E-state index is 0.00695. The number of rotatable bonds is 3. The van der Waals surface area contributed by atoms with E-state index in [1.165, 1.54) is 10.6 Å². The quantitative estimate of drug-likeness (QED) is 0.642. The lowest BCUT2D eigenvalue weighted by Crippen LogP contribution is -2.24. The molecule has 0 aliphatic rings. The van der Waals surface area contributed by atoms with Crippen LogP contribution in [0.5, 0.6) is 5.75 Å². The van der Waals surface area contributed by atoms with Crippen LogP contribution < -0.4 is 10.3 Å². The van der Waals surface area contributed by atoms with Crippen LogP contribution in [0.15, 0.2) is 29.1 Å². The van der Waals surface area contributed by atoms with E-state index in [0.29, 0.717) is 11.1 Å². The SMILES string of the molecule is Cc1cc(C(C)C)c2c(=O)n(C)c(-c3ccc(OC(F)(F)F)cc3Cl)nn12. The Morgan fingerprint density at radius 1 is 1.22 bits per heavy atom. The van der Waals surface area contributed by atoms with E-state index in [-0.39, 0.29) is 22.3 Å². The van der Waals surface area contributed by atoms with E-state index in [1.807, 2.05) is 26.8 Å². The first kappa shape index (κ1) is 19.3. The first-order valence-corrected chi connectivity index (χ1v) is 8.52. The molecule has 2 aromatic heterocycles. The van der Waals surface area contributed by atoms with Crippen LogP contribution in [0.1, 0.15) is 31.0 Å². The zero-order valence-electron chi connectivity index (χ0n) is 15.1. The van der Waals surface area contributed by atoms with Gasteiger partial charge in [-0.2, -0.15) is 0 Å². The topological polar surface area (TPSA) is 48.5 Å². The minimum Gasteiger partial charge on any atom is -0.406 e. The van der Waals surface area contributed by atoms with Gasteiger partial charge in [-0.25, -0.2) is 4.52 Å². The Bertz CT molecular complexity index is 1080. The Morgan fingerprint density at radius 3 is 2.44 bits per heavy atom. The average Bonchev–Trinajstić information content (AvgIpc) is 2.87. The van der Waals surface area contributed by atoms with E-state index in [1.54, 1.807) is 11.6 Å². The van der Waals surface area contributed by atoms with Crippen molar-refractivity contribution in [3.05, 3.63) is 50.9 Å². The molecule has 0 saturated carbocycles. The van der Waals surface area contributed by atoms with Crippen molar-refractivity contribution < 1.29 is 17.9 Å². The van der Waals surface area contributed by atoms with Crippen molar-refractivity contribution in [1.82, 2.24) is 14.2 Å². The van der Waals surface area contributed by atoms with Crippen LogP contribution in [0.2, 0.25) is 5.02 Å². The van der Waals surface area contributed by atoms with Gasteiger partial charge >= 0.3 is 6.36 Å². The number of halogens is 4. The van der Waals surface area contributed by atoms with Crippen molar-refractivity contribution in [3.8, 4) is 17.1 Å². The third kappa shape index (κ3) is 3.53. The van der Waals surface area contributed by atoms with Crippen molar-refractivity contribution in [2.24, 2.45) is 7.05 Å². The van der Waals surface area contributed by atoms with E-state index in [2.05, 4.69) is 9.84 Å². The Morgan fingerprint density at radius 2 is 1.89 bits per heavy atom. The summed E-state index contributed by atoms with van der Waals surface area (Å²) >= 11 is 6.15. The predicted octanol–water partition coefficient (Wildman–Crippen LogP) is 4.68. The number of aromatic nitrogens is 3. The van der Waals surface area contributed by atoms with Gasteiger partial charge in [0.25, 0.3) is 5.56 Å². The molecule has 0 N–H and O–H groups in total. The van der Waals surface area contributed by atoms with E-state index >= 15 is 0 Å². The van der Waals surface area contributed by atoms with Crippen molar-refractivity contribution >= 4 is 17.1 Å². The van der Waals surface area contributed by atoms with Crippen LogP contribution in [0, 0.1) is 6.92 Å². The zero-order chi connectivity index (χ0) is 20.1. The molecule has 1 aromatic carbocycles. The third-order valence-electron chi connectivity index (χ3n) is 4.24. The van der Waals surface area contributed by atoms with Gasteiger partial charge in [-0.3, -0.25) is 9.36 Å². The summed E-state index contributed by atoms with van der Waals surface area (Å²) in [6.07, 6.45) is -4.82. The molecule has 9 heteroatoms. The van der Waals surface area contributed by atoms with Crippen molar-refractivity contribution in [1.29, 1.82) is 0 Å². The first-order chi connectivity index (χ1) is 12.5. The second-order valence-electron chi connectivity index (χ2n) is 6.53. The molecule has 0 unspecified atom stereocenters.